The Morgan fingerprint density at radius 2 is 1.17 bits per heavy atom. The molecule has 0 bridgehead atoms. The van der Waals surface area contributed by atoms with E-state index in [1.807, 2.05) is 12.1 Å². The average molecular weight is 324 g/mol. The Hall–Kier alpha value is -0.790. The molecule has 0 saturated heterocycles. The number of hydrogen-bond acceptors (Lipinski definition) is 0. The van der Waals surface area contributed by atoms with E-state index in [-0.39, 0.29) is 4.83 Å². The van der Waals surface area contributed by atoms with Crippen molar-refractivity contribution in [2.45, 2.75) is 24.6 Å². The van der Waals surface area contributed by atoms with Crippen LogP contribution < -0.4 is 0 Å². The van der Waals surface area contributed by atoms with Crippen molar-refractivity contribution in [2.75, 3.05) is 0 Å². The van der Waals surface area contributed by atoms with Crippen molar-refractivity contribution in [3.63, 3.8) is 0 Å². The third kappa shape index (κ3) is 3.15. The van der Waals surface area contributed by atoms with Gasteiger partial charge in [-0.05, 0) is 34.7 Å². The van der Waals surface area contributed by atoms with Crippen LogP contribution >= 0.6 is 27.5 Å². The van der Waals surface area contributed by atoms with Gasteiger partial charge in [-0.25, -0.2) is 0 Å². The SMILES string of the molecule is CC(C)c1ccc(C(Br)c2ccc(Cl)cc2)cc1. The van der Waals surface area contributed by atoms with Gasteiger partial charge in [0.05, 0.1) is 4.83 Å². The second kappa shape index (κ2) is 5.90. The predicted molar refractivity (Wildman–Crippen MR) is 82.8 cm³/mol. The zero-order valence-corrected chi connectivity index (χ0v) is 12.9. The van der Waals surface area contributed by atoms with Gasteiger partial charge in [0.15, 0.2) is 0 Å². The smallest absolute Gasteiger partial charge is 0.0644 e. The van der Waals surface area contributed by atoms with E-state index in [4.69, 9.17) is 11.6 Å². The minimum Gasteiger partial charge on any atom is -0.0843 e. The first kappa shape index (κ1) is 13.6. The molecular formula is C16H16BrCl. The van der Waals surface area contributed by atoms with Crippen LogP contribution in [0.4, 0.5) is 0 Å². The lowest BCUT2D eigenvalue weighted by molar-refractivity contribution is 0.865. The Morgan fingerprint density at radius 3 is 1.61 bits per heavy atom. The van der Waals surface area contributed by atoms with Crippen molar-refractivity contribution in [3.8, 4) is 0 Å². The molecule has 0 N–H and O–H groups in total. The van der Waals surface area contributed by atoms with E-state index in [2.05, 4.69) is 66.2 Å². The van der Waals surface area contributed by atoms with Gasteiger partial charge in [-0.15, -0.1) is 0 Å². The number of rotatable bonds is 3. The summed E-state index contributed by atoms with van der Waals surface area (Å²) in [6.07, 6.45) is 0. The lowest BCUT2D eigenvalue weighted by atomic mass is 9.99. The highest BCUT2D eigenvalue weighted by Gasteiger charge is 2.10. The van der Waals surface area contributed by atoms with Gasteiger partial charge in [0.1, 0.15) is 0 Å². The molecule has 1 atom stereocenters. The van der Waals surface area contributed by atoms with Crippen molar-refractivity contribution < 1.29 is 0 Å². The number of alkyl halides is 1. The molecule has 2 aromatic carbocycles. The largest absolute Gasteiger partial charge is 0.0843 e. The van der Waals surface area contributed by atoms with Crippen LogP contribution in [0, 0.1) is 0 Å². The molecule has 0 aromatic heterocycles. The van der Waals surface area contributed by atoms with Gasteiger partial charge in [-0.3, -0.25) is 0 Å². The standard InChI is InChI=1S/C16H16BrCl/c1-11(2)12-3-5-13(6-4-12)16(17)14-7-9-15(18)10-8-14/h3-11,16H,1-2H3. The average Bonchev–Trinajstić information content (AvgIpc) is 2.39. The monoisotopic (exact) mass is 322 g/mol. The van der Waals surface area contributed by atoms with E-state index in [0.717, 1.165) is 5.02 Å². The summed E-state index contributed by atoms with van der Waals surface area (Å²) in [6.45, 7) is 4.42. The lowest BCUT2D eigenvalue weighted by Gasteiger charge is -2.12. The maximum absolute atomic E-state index is 5.90. The quantitative estimate of drug-likeness (QED) is 0.612. The fourth-order valence-corrected chi connectivity index (χ4v) is 2.61. The van der Waals surface area contributed by atoms with Crippen molar-refractivity contribution in [1.82, 2.24) is 0 Å². The molecular weight excluding hydrogens is 308 g/mol. The van der Waals surface area contributed by atoms with Gasteiger partial charge in [0.25, 0.3) is 0 Å². The van der Waals surface area contributed by atoms with E-state index in [9.17, 15) is 0 Å². The van der Waals surface area contributed by atoms with E-state index >= 15 is 0 Å². The molecule has 0 radical (unpaired) electrons. The minimum atomic E-state index is 0.218. The molecule has 0 spiro atoms. The molecule has 0 heterocycles. The summed E-state index contributed by atoms with van der Waals surface area (Å²) in [5.74, 6) is 0.573. The van der Waals surface area contributed by atoms with Gasteiger partial charge in [-0.2, -0.15) is 0 Å². The van der Waals surface area contributed by atoms with Crippen LogP contribution in [0.15, 0.2) is 48.5 Å². The molecule has 0 aliphatic rings. The Labute approximate surface area is 122 Å². The summed E-state index contributed by atoms with van der Waals surface area (Å²) in [4.78, 5) is 0.218. The summed E-state index contributed by atoms with van der Waals surface area (Å²) >= 11 is 9.64. The summed E-state index contributed by atoms with van der Waals surface area (Å²) < 4.78 is 0. The van der Waals surface area contributed by atoms with Crippen molar-refractivity contribution in [2.24, 2.45) is 0 Å². The van der Waals surface area contributed by atoms with Gasteiger partial charge >= 0.3 is 0 Å². The summed E-state index contributed by atoms with van der Waals surface area (Å²) in [5, 5.41) is 0.772. The Bertz CT molecular complexity index is 500. The molecule has 2 rings (SSSR count). The van der Waals surface area contributed by atoms with E-state index in [1.165, 1.54) is 16.7 Å². The number of benzene rings is 2. The normalized spacial score (nSPS) is 12.7. The highest BCUT2D eigenvalue weighted by Crippen LogP contribution is 2.32. The minimum absolute atomic E-state index is 0.218. The fourth-order valence-electron chi connectivity index (χ4n) is 1.87. The van der Waals surface area contributed by atoms with Crippen LogP contribution in [0.5, 0.6) is 0 Å². The molecule has 0 saturated carbocycles. The summed E-state index contributed by atoms with van der Waals surface area (Å²) in [5.41, 5.74) is 3.85. The lowest BCUT2D eigenvalue weighted by Crippen LogP contribution is -1.94. The van der Waals surface area contributed by atoms with Crippen LogP contribution in [0.3, 0.4) is 0 Å². The van der Waals surface area contributed by atoms with Crippen molar-refractivity contribution in [3.05, 3.63) is 70.2 Å². The fraction of sp³-hybridized carbons (Fsp3) is 0.250. The maximum Gasteiger partial charge on any atom is 0.0644 e. The molecule has 1 unspecified atom stereocenters. The molecule has 0 nitrogen and oxygen atoms in total. The van der Waals surface area contributed by atoms with Gasteiger partial charge in [0.2, 0.25) is 0 Å². The zero-order valence-electron chi connectivity index (χ0n) is 10.5. The first-order valence-corrected chi connectivity index (χ1v) is 7.36. The molecule has 0 aliphatic carbocycles. The molecule has 0 amide bonds. The van der Waals surface area contributed by atoms with E-state index in [0.29, 0.717) is 5.92 Å². The summed E-state index contributed by atoms with van der Waals surface area (Å²) in [6, 6.07) is 16.7. The highest BCUT2D eigenvalue weighted by molar-refractivity contribution is 9.09. The first-order valence-electron chi connectivity index (χ1n) is 6.07. The number of hydrogen-bond donors (Lipinski definition) is 0. The van der Waals surface area contributed by atoms with Crippen LogP contribution in [0.25, 0.3) is 0 Å². The zero-order chi connectivity index (χ0) is 13.1. The molecule has 0 fully saturated rings. The van der Waals surface area contributed by atoms with Crippen molar-refractivity contribution in [1.29, 1.82) is 0 Å². The highest BCUT2D eigenvalue weighted by atomic mass is 79.9. The van der Waals surface area contributed by atoms with Crippen LogP contribution in [0.2, 0.25) is 5.02 Å². The topological polar surface area (TPSA) is 0 Å². The second-order valence-corrected chi connectivity index (χ2v) is 6.09. The van der Waals surface area contributed by atoms with Gasteiger partial charge in [0, 0.05) is 5.02 Å². The predicted octanol–water partition coefficient (Wildman–Crippen LogP) is 5.95. The molecule has 18 heavy (non-hydrogen) atoms. The number of halogens is 2. The maximum atomic E-state index is 5.90. The van der Waals surface area contributed by atoms with E-state index < -0.39 is 0 Å². The van der Waals surface area contributed by atoms with Crippen LogP contribution in [-0.4, -0.2) is 0 Å². The molecule has 2 aromatic rings. The Morgan fingerprint density at radius 1 is 0.778 bits per heavy atom. The van der Waals surface area contributed by atoms with Gasteiger partial charge < -0.3 is 0 Å². The molecule has 2 heteroatoms. The molecule has 0 aliphatic heterocycles. The van der Waals surface area contributed by atoms with Crippen LogP contribution in [0.1, 0.15) is 41.3 Å². The Kier molecular flexibility index (Phi) is 4.47. The van der Waals surface area contributed by atoms with Crippen molar-refractivity contribution >= 4 is 27.5 Å². The molecule has 94 valence electrons. The van der Waals surface area contributed by atoms with E-state index in [1.54, 1.807) is 0 Å². The third-order valence-electron chi connectivity index (χ3n) is 3.06. The first-order chi connectivity index (χ1) is 8.58. The second-order valence-electron chi connectivity index (χ2n) is 4.74. The van der Waals surface area contributed by atoms with Crippen LogP contribution in [-0.2, 0) is 0 Å². The Balaban J connectivity index is 2.23. The summed E-state index contributed by atoms with van der Waals surface area (Å²) in [7, 11) is 0. The third-order valence-corrected chi connectivity index (χ3v) is 4.37. The van der Waals surface area contributed by atoms with Gasteiger partial charge in [-0.1, -0.05) is 77.8 Å².